The van der Waals surface area contributed by atoms with Crippen LogP contribution < -0.4 is 5.73 Å². The van der Waals surface area contributed by atoms with Crippen LogP contribution in [0.3, 0.4) is 0 Å². The Balaban J connectivity index is 3.01. The monoisotopic (exact) mass is 197 g/mol. The van der Waals surface area contributed by atoms with Crippen molar-refractivity contribution in [2.75, 3.05) is 0 Å². The lowest BCUT2D eigenvalue weighted by atomic mass is 10.1. The van der Waals surface area contributed by atoms with Gasteiger partial charge < -0.3 is 5.73 Å². The molecule has 0 saturated heterocycles. The van der Waals surface area contributed by atoms with Gasteiger partial charge in [-0.25, -0.2) is 0 Å². The molecule has 0 aliphatic heterocycles. The molecule has 1 atom stereocenters. The lowest BCUT2D eigenvalue weighted by Crippen LogP contribution is -2.12. The van der Waals surface area contributed by atoms with E-state index in [1.807, 2.05) is 0 Å². The van der Waals surface area contributed by atoms with Crippen molar-refractivity contribution < 1.29 is 0 Å². The fourth-order valence-corrected chi connectivity index (χ4v) is 1.47. The smallest absolute Gasteiger partial charge is 0.00449 e. The first-order chi connectivity index (χ1) is 6.77. The van der Waals surface area contributed by atoms with E-state index in [0.29, 0.717) is 6.04 Å². The zero-order chi connectivity index (χ0) is 10.6. The second-order valence-electron chi connectivity index (χ2n) is 4.24. The minimum atomic E-state index is 0.316. The number of hydrogen-bond donors (Lipinski definition) is 1. The van der Waals surface area contributed by atoms with Gasteiger partial charge in [-0.1, -0.05) is 51.2 Å². The summed E-state index contributed by atoms with van der Waals surface area (Å²) in [5.41, 5.74) is 5.64. The maximum absolute atomic E-state index is 5.64. The summed E-state index contributed by atoms with van der Waals surface area (Å²) in [6.45, 7) is 4.31. The van der Waals surface area contributed by atoms with Crippen LogP contribution in [0.25, 0.3) is 0 Å². The van der Waals surface area contributed by atoms with Gasteiger partial charge in [0.15, 0.2) is 0 Å². The molecule has 0 amide bonds. The minimum Gasteiger partial charge on any atom is -0.328 e. The molecule has 0 aliphatic carbocycles. The van der Waals surface area contributed by atoms with Crippen molar-refractivity contribution >= 4 is 0 Å². The molecule has 0 aliphatic rings. The molecule has 0 fully saturated rings. The van der Waals surface area contributed by atoms with E-state index in [0.717, 1.165) is 6.42 Å². The Kier molecular flexibility index (Phi) is 10.5. The minimum absolute atomic E-state index is 0.316. The fourth-order valence-electron chi connectivity index (χ4n) is 1.47. The van der Waals surface area contributed by atoms with Gasteiger partial charge in [0.2, 0.25) is 0 Å². The van der Waals surface area contributed by atoms with Gasteiger partial charge in [-0.05, 0) is 26.2 Å². The molecule has 2 N–H and O–H groups in total. The summed E-state index contributed by atoms with van der Waals surface area (Å²) in [6, 6.07) is 0.316. The average molecular weight is 197 g/mol. The van der Waals surface area contributed by atoms with Crippen LogP contribution in [0.4, 0.5) is 0 Å². The summed E-state index contributed by atoms with van der Waals surface area (Å²) in [5, 5.41) is 0. The summed E-state index contributed by atoms with van der Waals surface area (Å²) in [5.74, 6) is 0. The van der Waals surface area contributed by atoms with E-state index >= 15 is 0 Å². The average Bonchev–Trinajstić information content (AvgIpc) is 2.15. The standard InChI is InChI=1S/C13H27N/c1-3-4-5-6-7-8-9-10-11-12-13(2)14/h10-11,13H,3-9,12,14H2,1-2H3/b11-10+. The molecule has 1 nitrogen and oxygen atoms in total. The highest BCUT2D eigenvalue weighted by molar-refractivity contribution is 4.83. The molecule has 0 rings (SSSR count). The highest BCUT2D eigenvalue weighted by Crippen LogP contribution is 2.07. The summed E-state index contributed by atoms with van der Waals surface area (Å²) in [7, 11) is 0. The number of unbranched alkanes of at least 4 members (excludes halogenated alkanes) is 6. The van der Waals surface area contributed by atoms with E-state index < -0.39 is 0 Å². The molecule has 0 aromatic rings. The molecule has 0 saturated carbocycles. The van der Waals surface area contributed by atoms with E-state index in [1.165, 1.54) is 44.9 Å². The number of rotatable bonds is 9. The third kappa shape index (κ3) is 11.7. The van der Waals surface area contributed by atoms with Gasteiger partial charge in [-0.3, -0.25) is 0 Å². The van der Waals surface area contributed by atoms with Crippen LogP contribution in [0.1, 0.15) is 65.2 Å². The van der Waals surface area contributed by atoms with E-state index in [2.05, 4.69) is 26.0 Å². The van der Waals surface area contributed by atoms with Crippen LogP contribution in [-0.4, -0.2) is 6.04 Å². The summed E-state index contributed by atoms with van der Waals surface area (Å²) >= 11 is 0. The largest absolute Gasteiger partial charge is 0.328 e. The molecule has 0 bridgehead atoms. The second-order valence-corrected chi connectivity index (χ2v) is 4.24. The Hall–Kier alpha value is -0.300. The van der Waals surface area contributed by atoms with Crippen LogP contribution in [0, 0.1) is 0 Å². The molecule has 1 heteroatoms. The molecular formula is C13H27N. The highest BCUT2D eigenvalue weighted by atomic mass is 14.6. The zero-order valence-electron chi connectivity index (χ0n) is 9.97. The topological polar surface area (TPSA) is 26.0 Å². The number of allylic oxidation sites excluding steroid dienone is 1. The van der Waals surface area contributed by atoms with Crippen molar-refractivity contribution in [2.45, 2.75) is 71.3 Å². The molecule has 0 radical (unpaired) electrons. The molecule has 0 spiro atoms. The maximum atomic E-state index is 5.64. The molecule has 0 aromatic heterocycles. The van der Waals surface area contributed by atoms with Crippen LogP contribution >= 0.6 is 0 Å². The van der Waals surface area contributed by atoms with Gasteiger partial charge in [0.1, 0.15) is 0 Å². The SMILES string of the molecule is CCCCCCCC/C=C/CC(C)N. The van der Waals surface area contributed by atoms with Crippen molar-refractivity contribution in [3.63, 3.8) is 0 Å². The van der Waals surface area contributed by atoms with Gasteiger partial charge in [0.05, 0.1) is 0 Å². The van der Waals surface area contributed by atoms with Crippen LogP contribution in [0.2, 0.25) is 0 Å². The van der Waals surface area contributed by atoms with E-state index in [-0.39, 0.29) is 0 Å². The molecule has 14 heavy (non-hydrogen) atoms. The maximum Gasteiger partial charge on any atom is 0.00449 e. The quantitative estimate of drug-likeness (QED) is 0.438. The fraction of sp³-hybridized carbons (Fsp3) is 0.846. The first-order valence-electron chi connectivity index (χ1n) is 6.18. The van der Waals surface area contributed by atoms with Gasteiger partial charge in [-0.2, -0.15) is 0 Å². The number of hydrogen-bond acceptors (Lipinski definition) is 1. The van der Waals surface area contributed by atoms with E-state index in [4.69, 9.17) is 5.73 Å². The summed E-state index contributed by atoms with van der Waals surface area (Å²) in [4.78, 5) is 0. The van der Waals surface area contributed by atoms with Crippen molar-refractivity contribution in [1.29, 1.82) is 0 Å². The predicted molar refractivity (Wildman–Crippen MR) is 65.4 cm³/mol. The van der Waals surface area contributed by atoms with Crippen molar-refractivity contribution in [3.8, 4) is 0 Å². The summed E-state index contributed by atoms with van der Waals surface area (Å²) in [6.07, 6.45) is 15.1. The van der Waals surface area contributed by atoms with Crippen molar-refractivity contribution in [2.24, 2.45) is 5.73 Å². The molecule has 1 unspecified atom stereocenters. The lowest BCUT2D eigenvalue weighted by molar-refractivity contribution is 0.610. The van der Waals surface area contributed by atoms with E-state index in [1.54, 1.807) is 0 Å². The van der Waals surface area contributed by atoms with Crippen LogP contribution in [0.15, 0.2) is 12.2 Å². The first kappa shape index (κ1) is 13.7. The lowest BCUT2D eigenvalue weighted by Gasteiger charge is -1.99. The molecular weight excluding hydrogens is 170 g/mol. The summed E-state index contributed by atoms with van der Waals surface area (Å²) < 4.78 is 0. The molecule has 0 aromatic carbocycles. The van der Waals surface area contributed by atoms with Crippen LogP contribution in [0.5, 0.6) is 0 Å². The van der Waals surface area contributed by atoms with Crippen molar-refractivity contribution in [3.05, 3.63) is 12.2 Å². The van der Waals surface area contributed by atoms with Crippen LogP contribution in [-0.2, 0) is 0 Å². The first-order valence-corrected chi connectivity index (χ1v) is 6.18. The Morgan fingerprint density at radius 1 is 1.00 bits per heavy atom. The highest BCUT2D eigenvalue weighted by Gasteiger charge is 1.89. The second kappa shape index (κ2) is 10.8. The Morgan fingerprint density at radius 2 is 1.64 bits per heavy atom. The van der Waals surface area contributed by atoms with Gasteiger partial charge in [-0.15, -0.1) is 0 Å². The Morgan fingerprint density at radius 3 is 2.29 bits per heavy atom. The van der Waals surface area contributed by atoms with Gasteiger partial charge in [0, 0.05) is 6.04 Å². The van der Waals surface area contributed by atoms with Gasteiger partial charge >= 0.3 is 0 Å². The number of nitrogens with two attached hydrogens (primary N) is 1. The Bertz CT molecular complexity index is 127. The zero-order valence-corrected chi connectivity index (χ0v) is 9.97. The Labute approximate surface area is 89.8 Å². The normalized spacial score (nSPS) is 13.6. The predicted octanol–water partition coefficient (Wildman–Crippen LogP) is 4.03. The van der Waals surface area contributed by atoms with Gasteiger partial charge in [0.25, 0.3) is 0 Å². The van der Waals surface area contributed by atoms with E-state index in [9.17, 15) is 0 Å². The molecule has 84 valence electrons. The third-order valence-corrected chi connectivity index (χ3v) is 2.40. The van der Waals surface area contributed by atoms with Crippen molar-refractivity contribution in [1.82, 2.24) is 0 Å². The third-order valence-electron chi connectivity index (χ3n) is 2.40. The molecule has 0 heterocycles.